The zero-order chi connectivity index (χ0) is 17.7. The first kappa shape index (κ1) is 18.9. The van der Waals surface area contributed by atoms with Crippen LogP contribution in [0.3, 0.4) is 0 Å². The number of rotatable bonds is 7. The Hall–Kier alpha value is -1.45. The van der Waals surface area contributed by atoms with Gasteiger partial charge in [0.25, 0.3) is 0 Å². The molecule has 0 aliphatic heterocycles. The van der Waals surface area contributed by atoms with Crippen molar-refractivity contribution in [2.24, 2.45) is 0 Å². The third-order valence-electron chi connectivity index (χ3n) is 2.90. The van der Waals surface area contributed by atoms with Crippen molar-refractivity contribution in [2.75, 3.05) is 17.7 Å². The van der Waals surface area contributed by atoms with E-state index < -0.39 is 5.97 Å². The summed E-state index contributed by atoms with van der Waals surface area (Å²) < 4.78 is 5.82. The van der Waals surface area contributed by atoms with Crippen LogP contribution in [-0.4, -0.2) is 34.4 Å². The second-order valence-electron chi connectivity index (χ2n) is 5.19. The smallest absolute Gasteiger partial charge is 0.341 e. The summed E-state index contributed by atoms with van der Waals surface area (Å²) in [5.74, 6) is -0.113. The second kappa shape index (κ2) is 8.59. The van der Waals surface area contributed by atoms with Gasteiger partial charge in [-0.05, 0) is 25.8 Å². The monoisotopic (exact) mass is 385 g/mol. The molecule has 0 aromatic carbocycles. The van der Waals surface area contributed by atoms with Crippen molar-refractivity contribution in [3.05, 3.63) is 21.5 Å². The molecule has 0 fully saturated rings. The predicted molar refractivity (Wildman–Crippen MR) is 98.4 cm³/mol. The second-order valence-corrected chi connectivity index (χ2v) is 8.68. The van der Waals surface area contributed by atoms with E-state index in [1.54, 1.807) is 13.0 Å². The number of esters is 1. The molecule has 0 saturated heterocycles. The summed E-state index contributed by atoms with van der Waals surface area (Å²) in [5, 5.41) is 12.1. The molecule has 6 nitrogen and oxygen atoms in total. The van der Waals surface area contributed by atoms with E-state index in [1.807, 2.05) is 20.8 Å². The Morgan fingerprint density at radius 1 is 1.33 bits per heavy atom. The predicted octanol–water partition coefficient (Wildman–Crippen LogP) is 3.94. The van der Waals surface area contributed by atoms with Gasteiger partial charge >= 0.3 is 5.97 Å². The van der Waals surface area contributed by atoms with Crippen LogP contribution in [0.2, 0.25) is 0 Å². The molecular formula is C15H19N3O3S3. The Kier molecular flexibility index (Phi) is 6.76. The van der Waals surface area contributed by atoms with Gasteiger partial charge in [0.05, 0.1) is 17.9 Å². The van der Waals surface area contributed by atoms with Crippen molar-refractivity contribution in [2.45, 2.75) is 38.0 Å². The number of aryl methyl sites for hydroxylation is 1. The Labute approximate surface area is 153 Å². The van der Waals surface area contributed by atoms with Gasteiger partial charge in [-0.3, -0.25) is 4.79 Å². The topological polar surface area (TPSA) is 81.2 Å². The van der Waals surface area contributed by atoms with E-state index in [2.05, 4.69) is 15.5 Å². The van der Waals surface area contributed by atoms with Gasteiger partial charge in [0, 0.05) is 4.88 Å². The lowest BCUT2D eigenvalue weighted by Crippen LogP contribution is -2.15. The molecule has 9 heteroatoms. The molecule has 0 bridgehead atoms. The average Bonchev–Trinajstić information content (AvgIpc) is 3.12. The van der Waals surface area contributed by atoms with E-state index in [9.17, 15) is 9.59 Å². The molecule has 2 rings (SSSR count). The first-order chi connectivity index (χ1) is 11.4. The number of carbonyl (C=O) groups is 2. The van der Waals surface area contributed by atoms with Crippen LogP contribution in [-0.2, 0) is 9.53 Å². The molecule has 0 spiro atoms. The third kappa shape index (κ3) is 5.02. The number of anilines is 1. The first-order valence-electron chi connectivity index (χ1n) is 7.44. The largest absolute Gasteiger partial charge is 0.462 e. The lowest BCUT2D eigenvalue weighted by atomic mass is 10.1. The molecule has 2 heterocycles. The van der Waals surface area contributed by atoms with E-state index in [0.29, 0.717) is 17.2 Å². The molecular weight excluding hydrogens is 366 g/mol. The maximum atomic E-state index is 12.2. The van der Waals surface area contributed by atoms with Crippen molar-refractivity contribution in [1.82, 2.24) is 10.2 Å². The maximum absolute atomic E-state index is 12.2. The van der Waals surface area contributed by atoms with E-state index in [4.69, 9.17) is 4.74 Å². The lowest BCUT2D eigenvalue weighted by molar-refractivity contribution is -0.113. The van der Waals surface area contributed by atoms with Crippen molar-refractivity contribution >= 4 is 51.3 Å². The lowest BCUT2D eigenvalue weighted by Gasteiger charge is -2.05. The number of nitrogens with one attached hydrogen (secondary N) is 1. The molecule has 1 N–H and O–H groups in total. The van der Waals surface area contributed by atoms with Crippen LogP contribution in [0.25, 0.3) is 0 Å². The Bertz CT molecular complexity index is 725. The van der Waals surface area contributed by atoms with Crippen LogP contribution in [0.15, 0.2) is 10.4 Å². The van der Waals surface area contributed by atoms with Crippen molar-refractivity contribution in [3.8, 4) is 0 Å². The number of thioether (sulfide) groups is 1. The molecule has 130 valence electrons. The number of hydrogen-bond acceptors (Lipinski definition) is 8. The highest BCUT2D eigenvalue weighted by molar-refractivity contribution is 8.01. The van der Waals surface area contributed by atoms with Crippen molar-refractivity contribution in [1.29, 1.82) is 0 Å². The van der Waals surface area contributed by atoms with Crippen LogP contribution in [0.5, 0.6) is 0 Å². The summed E-state index contributed by atoms with van der Waals surface area (Å²) in [6, 6.07) is 1.80. The van der Waals surface area contributed by atoms with Crippen LogP contribution >= 0.6 is 34.4 Å². The number of aromatic nitrogens is 2. The number of carbonyl (C=O) groups excluding carboxylic acids is 2. The normalized spacial score (nSPS) is 10.9. The zero-order valence-corrected chi connectivity index (χ0v) is 16.4. The highest BCUT2D eigenvalue weighted by Gasteiger charge is 2.20. The molecule has 24 heavy (non-hydrogen) atoms. The number of thiophene rings is 1. The van der Waals surface area contributed by atoms with Crippen LogP contribution in [0, 0.1) is 6.92 Å². The van der Waals surface area contributed by atoms with E-state index in [1.165, 1.54) is 34.4 Å². The maximum Gasteiger partial charge on any atom is 0.341 e. The van der Waals surface area contributed by atoms with Gasteiger partial charge in [-0.25, -0.2) is 4.79 Å². The Morgan fingerprint density at radius 3 is 2.67 bits per heavy atom. The summed E-state index contributed by atoms with van der Waals surface area (Å²) in [6.45, 7) is 8.00. The van der Waals surface area contributed by atoms with E-state index >= 15 is 0 Å². The molecule has 0 aliphatic rings. The standard InChI is InChI=1S/C15H19N3O3S3/c1-5-21-14(20)10-6-11(8(2)3)24-13(10)16-12(19)7-22-15-18-17-9(4)23-15/h6,8H,5,7H2,1-4H3,(H,16,19). The number of ether oxygens (including phenoxy) is 1. The zero-order valence-electron chi connectivity index (χ0n) is 13.9. The average molecular weight is 386 g/mol. The molecule has 1 amide bonds. The first-order valence-corrected chi connectivity index (χ1v) is 10.1. The van der Waals surface area contributed by atoms with Gasteiger partial charge in [0.2, 0.25) is 5.91 Å². The molecule has 0 unspecified atom stereocenters. The van der Waals surface area contributed by atoms with Crippen LogP contribution < -0.4 is 5.32 Å². The van der Waals surface area contributed by atoms with Gasteiger partial charge in [-0.2, -0.15) is 0 Å². The summed E-state index contributed by atoms with van der Waals surface area (Å²) in [4.78, 5) is 25.3. The fourth-order valence-electron chi connectivity index (χ4n) is 1.77. The molecule has 0 saturated carbocycles. The SMILES string of the molecule is CCOC(=O)c1cc(C(C)C)sc1NC(=O)CSc1nnc(C)s1. The summed E-state index contributed by atoms with van der Waals surface area (Å²) in [7, 11) is 0. The summed E-state index contributed by atoms with van der Waals surface area (Å²) >= 11 is 4.18. The van der Waals surface area contributed by atoms with Crippen molar-refractivity contribution in [3.63, 3.8) is 0 Å². The molecule has 0 atom stereocenters. The fraction of sp³-hybridized carbons (Fsp3) is 0.467. The highest BCUT2D eigenvalue weighted by Crippen LogP contribution is 2.33. The summed E-state index contributed by atoms with van der Waals surface area (Å²) in [5.41, 5.74) is 0.413. The minimum absolute atomic E-state index is 0.185. The molecule has 2 aromatic heterocycles. The van der Waals surface area contributed by atoms with Gasteiger partial charge in [0.1, 0.15) is 10.0 Å². The summed E-state index contributed by atoms with van der Waals surface area (Å²) in [6.07, 6.45) is 0. The van der Waals surface area contributed by atoms with Gasteiger partial charge in [-0.15, -0.1) is 21.5 Å². The van der Waals surface area contributed by atoms with Crippen LogP contribution in [0.1, 0.15) is 46.9 Å². The highest BCUT2D eigenvalue weighted by atomic mass is 32.2. The number of amides is 1. The van der Waals surface area contributed by atoms with E-state index in [-0.39, 0.29) is 17.6 Å². The fourth-order valence-corrected chi connectivity index (χ4v) is 4.46. The minimum Gasteiger partial charge on any atom is -0.462 e. The van der Waals surface area contributed by atoms with Gasteiger partial charge in [-0.1, -0.05) is 36.9 Å². The Balaban J connectivity index is 2.06. The number of hydrogen-bond donors (Lipinski definition) is 1. The quantitative estimate of drug-likeness (QED) is 0.574. The van der Waals surface area contributed by atoms with Crippen molar-refractivity contribution < 1.29 is 14.3 Å². The molecule has 2 aromatic rings. The molecule has 0 aliphatic carbocycles. The third-order valence-corrected chi connectivity index (χ3v) is 6.23. The Morgan fingerprint density at radius 2 is 2.08 bits per heavy atom. The van der Waals surface area contributed by atoms with Gasteiger partial charge in [0.15, 0.2) is 4.34 Å². The minimum atomic E-state index is -0.414. The van der Waals surface area contributed by atoms with Crippen LogP contribution in [0.4, 0.5) is 5.00 Å². The van der Waals surface area contributed by atoms with E-state index in [0.717, 1.165) is 14.2 Å². The van der Waals surface area contributed by atoms with Gasteiger partial charge < -0.3 is 10.1 Å². The number of nitrogens with zero attached hydrogens (tertiary/aromatic N) is 2. The molecule has 0 radical (unpaired) electrons.